The molecule has 1 N–H and O–H groups in total. The van der Waals surface area contributed by atoms with E-state index in [1.807, 2.05) is 58.0 Å². The van der Waals surface area contributed by atoms with Crippen molar-refractivity contribution >= 4 is 30.0 Å². The molecule has 44 heavy (non-hydrogen) atoms. The van der Waals surface area contributed by atoms with Crippen molar-refractivity contribution in [3.8, 4) is 0 Å². The van der Waals surface area contributed by atoms with Crippen LogP contribution in [-0.4, -0.2) is 59.5 Å². The molecule has 0 unspecified atom stereocenters. The highest BCUT2D eigenvalue weighted by molar-refractivity contribution is 5.87. The molecule has 2 bridgehead atoms. The summed E-state index contributed by atoms with van der Waals surface area (Å²) in [4.78, 5) is 50.3. The fourth-order valence-electron chi connectivity index (χ4n) is 7.80. The van der Waals surface area contributed by atoms with E-state index in [0.717, 1.165) is 5.56 Å². The van der Waals surface area contributed by atoms with Gasteiger partial charge in [0.2, 0.25) is 0 Å². The van der Waals surface area contributed by atoms with Crippen LogP contribution in [0.15, 0.2) is 59.7 Å². The number of carbonyl (C=O) groups excluding carboxylic acids is 4. The number of hydrogen-bond acceptors (Lipinski definition) is 9. The Hall–Kier alpha value is -3.72. The van der Waals surface area contributed by atoms with Gasteiger partial charge in [0.05, 0.1) is 0 Å². The van der Waals surface area contributed by atoms with E-state index in [2.05, 4.69) is 6.58 Å². The molecule has 0 spiro atoms. The Morgan fingerprint density at radius 1 is 0.909 bits per heavy atom. The van der Waals surface area contributed by atoms with E-state index >= 15 is 0 Å². The second kappa shape index (κ2) is 12.7. The minimum Gasteiger partial charge on any atom is -0.462 e. The molecule has 8 atom stereocenters. The lowest BCUT2D eigenvalue weighted by Crippen LogP contribution is -2.63. The highest BCUT2D eigenvalue weighted by Crippen LogP contribution is 2.60. The maximum atomic E-state index is 13.0. The molecule has 4 rings (SSSR count). The van der Waals surface area contributed by atoms with E-state index in [0.29, 0.717) is 36.0 Å². The van der Waals surface area contributed by atoms with E-state index in [1.54, 1.807) is 6.08 Å². The summed E-state index contributed by atoms with van der Waals surface area (Å²) in [5.74, 6) is -3.25. The molecule has 1 aromatic rings. The summed E-state index contributed by atoms with van der Waals surface area (Å²) < 4.78 is 23.7. The van der Waals surface area contributed by atoms with Crippen molar-refractivity contribution in [3.05, 3.63) is 65.3 Å². The van der Waals surface area contributed by atoms with Crippen molar-refractivity contribution in [1.29, 1.82) is 0 Å². The summed E-state index contributed by atoms with van der Waals surface area (Å²) in [7, 11) is 0. The van der Waals surface area contributed by atoms with E-state index in [4.69, 9.17) is 18.9 Å². The average Bonchev–Trinajstić information content (AvgIpc) is 2.93. The number of carbonyl (C=O) groups is 4. The Morgan fingerprint density at radius 3 is 2.11 bits per heavy atom. The molecule has 2 fully saturated rings. The van der Waals surface area contributed by atoms with Gasteiger partial charge in [0.25, 0.3) is 0 Å². The molecule has 0 heterocycles. The molecule has 0 saturated heterocycles. The Bertz CT molecular complexity index is 1370. The average molecular weight is 609 g/mol. The van der Waals surface area contributed by atoms with Crippen LogP contribution < -0.4 is 0 Å². The Balaban J connectivity index is 1.82. The number of benzene rings is 1. The summed E-state index contributed by atoms with van der Waals surface area (Å²) >= 11 is 0. The van der Waals surface area contributed by atoms with Crippen LogP contribution in [0, 0.1) is 22.7 Å². The van der Waals surface area contributed by atoms with E-state index < -0.39 is 77.1 Å². The third-order valence-electron chi connectivity index (χ3n) is 9.81. The highest BCUT2D eigenvalue weighted by Gasteiger charge is 2.63. The molecule has 3 aliphatic rings. The van der Waals surface area contributed by atoms with Crippen molar-refractivity contribution in [3.63, 3.8) is 0 Å². The predicted molar refractivity (Wildman–Crippen MR) is 163 cm³/mol. The molecule has 0 radical (unpaired) electrons. The fourth-order valence-corrected chi connectivity index (χ4v) is 7.80. The van der Waals surface area contributed by atoms with Crippen LogP contribution in [0.4, 0.5) is 0 Å². The molecule has 0 aliphatic heterocycles. The first-order valence-corrected chi connectivity index (χ1v) is 15.1. The number of ether oxygens (including phenoxy) is 4. The second-order valence-electron chi connectivity index (χ2n) is 13.1. The number of hydrogen-bond donors (Lipinski definition) is 1. The van der Waals surface area contributed by atoms with E-state index in [9.17, 15) is 24.3 Å². The van der Waals surface area contributed by atoms with Crippen LogP contribution in [0.3, 0.4) is 0 Å². The van der Waals surface area contributed by atoms with Gasteiger partial charge >= 0.3 is 23.9 Å². The quantitative estimate of drug-likeness (QED) is 0.203. The van der Waals surface area contributed by atoms with Crippen LogP contribution in [0.5, 0.6) is 0 Å². The van der Waals surface area contributed by atoms with Gasteiger partial charge in [-0.05, 0) is 60.0 Å². The van der Waals surface area contributed by atoms with Gasteiger partial charge < -0.3 is 24.1 Å². The van der Waals surface area contributed by atoms with Crippen LogP contribution in [0.25, 0.3) is 6.08 Å². The maximum Gasteiger partial charge on any atom is 0.331 e. The topological polar surface area (TPSA) is 125 Å². The predicted octanol–water partition coefficient (Wildman–Crippen LogP) is 5.12. The van der Waals surface area contributed by atoms with Crippen LogP contribution in [0.1, 0.15) is 73.3 Å². The molecular formula is C35H44O9. The SMILES string of the molecule is C=C1[C@@H](OC(=O)C=Cc2ccccc2)CC[C@@]2(C)[C@@H](O)[C@H](OC(C)=O)C3=C(C)[C@@H](OC(C)=O)C[C@@H]([C@@H](OC(C)=O)[C@H]12)C3(C)C. The van der Waals surface area contributed by atoms with E-state index in [1.165, 1.54) is 26.8 Å². The Kier molecular flexibility index (Phi) is 9.59. The molecule has 238 valence electrons. The molecule has 1 aromatic carbocycles. The molecular weight excluding hydrogens is 564 g/mol. The van der Waals surface area contributed by atoms with Gasteiger partial charge in [-0.15, -0.1) is 0 Å². The van der Waals surface area contributed by atoms with Crippen molar-refractivity contribution in [1.82, 2.24) is 0 Å². The lowest BCUT2D eigenvalue weighted by atomic mass is 9.49. The largest absolute Gasteiger partial charge is 0.462 e. The zero-order valence-electron chi connectivity index (χ0n) is 26.6. The number of aliphatic hydroxyl groups is 1. The zero-order valence-corrected chi connectivity index (χ0v) is 26.6. The van der Waals surface area contributed by atoms with Gasteiger partial charge in [-0.3, -0.25) is 14.4 Å². The molecule has 0 amide bonds. The summed E-state index contributed by atoms with van der Waals surface area (Å²) in [6.45, 7) is 15.9. The summed E-state index contributed by atoms with van der Waals surface area (Å²) in [5, 5.41) is 12.2. The number of fused-ring (bicyclic) bond motifs is 3. The summed E-state index contributed by atoms with van der Waals surface area (Å²) in [6.07, 6.45) is -0.473. The van der Waals surface area contributed by atoms with Crippen LogP contribution >= 0.6 is 0 Å². The zero-order chi connectivity index (χ0) is 32.6. The maximum absolute atomic E-state index is 13.0. The third-order valence-corrected chi connectivity index (χ3v) is 9.81. The number of aliphatic hydroxyl groups excluding tert-OH is 1. The van der Waals surface area contributed by atoms with Crippen molar-refractivity contribution < 1.29 is 43.2 Å². The van der Waals surface area contributed by atoms with Gasteiger partial charge in [-0.2, -0.15) is 0 Å². The monoisotopic (exact) mass is 608 g/mol. The lowest BCUT2D eigenvalue weighted by Gasteiger charge is -2.59. The summed E-state index contributed by atoms with van der Waals surface area (Å²) in [6, 6.07) is 9.36. The van der Waals surface area contributed by atoms with Gasteiger partial charge in [-0.1, -0.05) is 57.7 Å². The molecule has 3 aliphatic carbocycles. The minimum absolute atomic E-state index is 0.326. The summed E-state index contributed by atoms with van der Waals surface area (Å²) in [5.41, 5.74) is 0.920. The van der Waals surface area contributed by atoms with Gasteiger partial charge in [-0.25, -0.2) is 4.79 Å². The van der Waals surface area contributed by atoms with Crippen LogP contribution in [0.2, 0.25) is 0 Å². The molecule has 9 heteroatoms. The van der Waals surface area contributed by atoms with Crippen LogP contribution in [-0.2, 0) is 38.1 Å². The minimum atomic E-state index is -1.25. The second-order valence-corrected chi connectivity index (χ2v) is 13.1. The first-order chi connectivity index (χ1) is 20.6. The molecule has 0 aromatic heterocycles. The van der Waals surface area contributed by atoms with Gasteiger partial charge in [0.15, 0.2) is 6.10 Å². The highest BCUT2D eigenvalue weighted by atomic mass is 16.6. The third kappa shape index (κ3) is 6.39. The molecule has 9 nitrogen and oxygen atoms in total. The van der Waals surface area contributed by atoms with E-state index in [-0.39, 0.29) is 0 Å². The fraction of sp³-hybridized carbons (Fsp3) is 0.543. The van der Waals surface area contributed by atoms with Crippen molar-refractivity contribution in [2.45, 2.75) is 98.2 Å². The molecule has 2 saturated carbocycles. The van der Waals surface area contributed by atoms with Crippen molar-refractivity contribution in [2.24, 2.45) is 22.7 Å². The van der Waals surface area contributed by atoms with Gasteiger partial charge in [0, 0.05) is 44.1 Å². The van der Waals surface area contributed by atoms with Gasteiger partial charge in [0.1, 0.15) is 24.4 Å². The standard InChI is InChI=1S/C35H44O9/c1-19-26(44-28(39)15-14-24-12-10-9-11-13-24)16-17-35(8)30(19)31(42-22(4)37)25-18-27(41-21(3)36)20(2)29(34(25,6)7)32(33(35)40)43-23(5)38/h9-15,25-27,30-33,40H,1,16-18H2,2-8H3/t25-,26-,27-,30-,31+,32+,33-,35+/m0/s1. The first-order valence-electron chi connectivity index (χ1n) is 15.1. The normalized spacial score (nSPS) is 33.0. The Labute approximate surface area is 259 Å². The first kappa shape index (κ1) is 33.2. The lowest BCUT2D eigenvalue weighted by molar-refractivity contribution is -0.193. The van der Waals surface area contributed by atoms with Crippen molar-refractivity contribution in [2.75, 3.05) is 0 Å². The number of rotatable bonds is 6. The smallest absolute Gasteiger partial charge is 0.331 e. The number of esters is 4. The Morgan fingerprint density at radius 2 is 1.52 bits per heavy atom.